The van der Waals surface area contributed by atoms with E-state index in [9.17, 15) is 22.0 Å². The van der Waals surface area contributed by atoms with Crippen molar-refractivity contribution in [3.05, 3.63) is 28.2 Å². The van der Waals surface area contributed by atoms with Crippen LogP contribution in [0.25, 0.3) is 0 Å². The maximum absolute atomic E-state index is 11.9. The van der Waals surface area contributed by atoms with Gasteiger partial charge >= 0.3 is 0 Å². The van der Waals surface area contributed by atoms with Crippen molar-refractivity contribution in [2.24, 2.45) is 5.14 Å². The van der Waals surface area contributed by atoms with Gasteiger partial charge in [-0.25, -0.2) is 22.3 Å². The van der Waals surface area contributed by atoms with E-state index in [-0.39, 0.29) is 14.9 Å². The third kappa shape index (κ3) is 4.00. The summed E-state index contributed by atoms with van der Waals surface area (Å²) in [5.74, 6) is -0.798. The molecule has 0 spiro atoms. The van der Waals surface area contributed by atoms with Crippen LogP contribution in [0.1, 0.15) is 10.4 Å². The summed E-state index contributed by atoms with van der Waals surface area (Å²) in [7, 11) is -4.00. The van der Waals surface area contributed by atoms with Crippen molar-refractivity contribution in [3.63, 3.8) is 0 Å². The van der Waals surface area contributed by atoms with Crippen LogP contribution in [-0.4, -0.2) is 27.3 Å². The molecule has 0 saturated carbocycles. The summed E-state index contributed by atoms with van der Waals surface area (Å²) >= 11 is 2.97. The number of nitrogens with one attached hydrogen (secondary N) is 1. The number of amides is 1. The third-order valence-corrected chi connectivity index (χ3v) is 3.82. The third-order valence-electron chi connectivity index (χ3n) is 1.92. The molecule has 1 aromatic rings. The second-order valence-corrected chi connectivity index (χ2v) is 5.68. The average molecular weight is 343 g/mol. The molecule has 0 unspecified atom stereocenters. The number of benzene rings is 1. The van der Waals surface area contributed by atoms with Gasteiger partial charge in [-0.1, -0.05) is 0 Å². The van der Waals surface area contributed by atoms with Crippen LogP contribution in [0.5, 0.6) is 0 Å². The van der Waals surface area contributed by atoms with Crippen LogP contribution in [0.15, 0.2) is 27.6 Å². The van der Waals surface area contributed by atoms with Gasteiger partial charge in [0.2, 0.25) is 10.0 Å². The lowest BCUT2D eigenvalue weighted by atomic mass is 10.2. The number of carbonyl (C=O) groups is 1. The predicted molar refractivity (Wildman–Crippen MR) is 63.9 cm³/mol. The van der Waals surface area contributed by atoms with E-state index in [1.807, 2.05) is 5.32 Å². The first-order chi connectivity index (χ1) is 8.21. The minimum Gasteiger partial charge on any atom is -0.346 e. The molecule has 0 atom stereocenters. The molecular weight excluding hydrogens is 334 g/mol. The fourth-order valence-electron chi connectivity index (χ4n) is 1.13. The molecule has 0 bridgehead atoms. The summed E-state index contributed by atoms with van der Waals surface area (Å²) in [6, 6.07) is 3.61. The van der Waals surface area contributed by atoms with Gasteiger partial charge in [0.25, 0.3) is 12.3 Å². The van der Waals surface area contributed by atoms with Gasteiger partial charge in [-0.05, 0) is 34.1 Å². The lowest BCUT2D eigenvalue weighted by Crippen LogP contribution is -2.28. The smallest absolute Gasteiger partial charge is 0.255 e. The molecule has 0 aromatic heterocycles. The molecule has 0 radical (unpaired) electrons. The van der Waals surface area contributed by atoms with Crippen LogP contribution >= 0.6 is 15.9 Å². The summed E-state index contributed by atoms with van der Waals surface area (Å²) in [5.41, 5.74) is -0.0668. The van der Waals surface area contributed by atoms with Crippen molar-refractivity contribution in [1.29, 1.82) is 0 Å². The molecule has 100 valence electrons. The van der Waals surface area contributed by atoms with E-state index in [0.717, 1.165) is 6.07 Å². The Morgan fingerprint density at radius 1 is 1.44 bits per heavy atom. The second-order valence-electron chi connectivity index (χ2n) is 3.29. The van der Waals surface area contributed by atoms with Crippen LogP contribution < -0.4 is 10.5 Å². The second kappa shape index (κ2) is 5.72. The topological polar surface area (TPSA) is 89.3 Å². The Hall–Kier alpha value is -1.06. The Labute approximate surface area is 111 Å². The number of rotatable bonds is 4. The van der Waals surface area contributed by atoms with Crippen LogP contribution in [0.4, 0.5) is 8.78 Å². The Balaban J connectivity index is 3.02. The minimum absolute atomic E-state index is 0.0668. The first-order valence-electron chi connectivity index (χ1n) is 4.60. The summed E-state index contributed by atoms with van der Waals surface area (Å²) in [4.78, 5) is 11.2. The summed E-state index contributed by atoms with van der Waals surface area (Å²) in [6.07, 6.45) is -2.68. The standard InChI is InChI=1S/C9H9BrF2N2O3S/c10-6-2-1-5(3-7(6)18(13,16)17)9(15)14-4-8(11)12/h1-3,8H,4H2,(H,14,15)(H2,13,16,17). The number of hydrogen-bond acceptors (Lipinski definition) is 3. The van der Waals surface area contributed by atoms with Crippen molar-refractivity contribution in [3.8, 4) is 0 Å². The highest BCUT2D eigenvalue weighted by atomic mass is 79.9. The SMILES string of the molecule is NS(=O)(=O)c1cc(C(=O)NCC(F)F)ccc1Br. The summed E-state index contributed by atoms with van der Waals surface area (Å²) in [5, 5.41) is 6.90. The van der Waals surface area contributed by atoms with Crippen LogP contribution in [0, 0.1) is 0 Å². The van der Waals surface area contributed by atoms with Gasteiger partial charge in [0.1, 0.15) is 0 Å². The highest BCUT2D eigenvalue weighted by Gasteiger charge is 2.16. The van der Waals surface area contributed by atoms with E-state index in [2.05, 4.69) is 15.9 Å². The van der Waals surface area contributed by atoms with Crippen LogP contribution in [0.2, 0.25) is 0 Å². The minimum atomic E-state index is -4.00. The number of halogens is 3. The molecular formula is C9H9BrF2N2O3S. The van der Waals surface area contributed by atoms with Crippen molar-refractivity contribution in [1.82, 2.24) is 5.32 Å². The van der Waals surface area contributed by atoms with Crippen molar-refractivity contribution in [2.45, 2.75) is 11.3 Å². The van der Waals surface area contributed by atoms with E-state index in [1.54, 1.807) is 0 Å². The van der Waals surface area contributed by atoms with Gasteiger partial charge in [0.15, 0.2) is 0 Å². The fourth-order valence-corrected chi connectivity index (χ4v) is 2.69. The van der Waals surface area contributed by atoms with Crippen molar-refractivity contribution < 1.29 is 22.0 Å². The van der Waals surface area contributed by atoms with Gasteiger partial charge in [0, 0.05) is 10.0 Å². The van der Waals surface area contributed by atoms with Gasteiger partial charge in [-0.3, -0.25) is 4.79 Å². The number of hydrogen-bond donors (Lipinski definition) is 2. The molecule has 3 N–H and O–H groups in total. The molecule has 1 aromatic carbocycles. The number of primary sulfonamides is 1. The zero-order valence-corrected chi connectivity index (χ0v) is 11.3. The number of alkyl halides is 2. The largest absolute Gasteiger partial charge is 0.346 e. The number of sulfonamides is 1. The van der Waals surface area contributed by atoms with Crippen molar-refractivity contribution in [2.75, 3.05) is 6.54 Å². The van der Waals surface area contributed by atoms with Crippen LogP contribution in [-0.2, 0) is 10.0 Å². The zero-order valence-electron chi connectivity index (χ0n) is 8.86. The Morgan fingerprint density at radius 2 is 2.06 bits per heavy atom. The molecule has 0 aliphatic carbocycles. The molecule has 1 amide bonds. The van der Waals surface area contributed by atoms with Crippen LogP contribution in [0.3, 0.4) is 0 Å². The Morgan fingerprint density at radius 3 is 2.56 bits per heavy atom. The first-order valence-corrected chi connectivity index (χ1v) is 6.94. The lowest BCUT2D eigenvalue weighted by Gasteiger charge is -2.07. The van der Waals surface area contributed by atoms with Gasteiger partial charge in [-0.2, -0.15) is 0 Å². The van der Waals surface area contributed by atoms with Gasteiger partial charge in [-0.15, -0.1) is 0 Å². The normalized spacial score (nSPS) is 11.6. The molecule has 0 heterocycles. The van der Waals surface area contributed by atoms with Gasteiger partial charge < -0.3 is 5.32 Å². The summed E-state index contributed by atoms with van der Waals surface area (Å²) in [6.45, 7) is -0.806. The molecule has 0 aliphatic rings. The number of nitrogens with two attached hydrogens (primary N) is 1. The molecule has 9 heteroatoms. The van der Waals surface area contributed by atoms with Crippen molar-refractivity contribution >= 4 is 31.9 Å². The average Bonchev–Trinajstić information content (AvgIpc) is 2.24. The maximum atomic E-state index is 11.9. The zero-order chi connectivity index (χ0) is 13.9. The maximum Gasteiger partial charge on any atom is 0.255 e. The van der Waals surface area contributed by atoms with Gasteiger partial charge in [0.05, 0.1) is 11.4 Å². The number of carbonyl (C=O) groups excluding carboxylic acids is 1. The quantitative estimate of drug-likeness (QED) is 0.858. The van der Waals surface area contributed by atoms with E-state index in [1.165, 1.54) is 12.1 Å². The fraction of sp³-hybridized carbons (Fsp3) is 0.222. The van der Waals surface area contributed by atoms with E-state index >= 15 is 0 Å². The molecule has 0 fully saturated rings. The molecule has 5 nitrogen and oxygen atoms in total. The highest BCUT2D eigenvalue weighted by molar-refractivity contribution is 9.10. The van der Waals surface area contributed by atoms with E-state index in [4.69, 9.17) is 5.14 Å². The lowest BCUT2D eigenvalue weighted by molar-refractivity contribution is 0.0891. The monoisotopic (exact) mass is 342 g/mol. The summed E-state index contributed by atoms with van der Waals surface area (Å²) < 4.78 is 46.4. The molecule has 1 rings (SSSR count). The Kier molecular flexibility index (Phi) is 4.77. The predicted octanol–water partition coefficient (Wildman–Crippen LogP) is 1.09. The molecule has 18 heavy (non-hydrogen) atoms. The first kappa shape index (κ1) is 15.0. The molecule has 0 aliphatic heterocycles. The molecule has 0 saturated heterocycles. The Bertz CT molecular complexity index is 563. The van der Waals surface area contributed by atoms with E-state index < -0.39 is 28.9 Å². The van der Waals surface area contributed by atoms with E-state index in [0.29, 0.717) is 0 Å². The highest BCUT2D eigenvalue weighted by Crippen LogP contribution is 2.22.